The molecule has 0 aromatic rings. The SMILES string of the molecule is C1CC2OC2CC1COCC1CO1.CC1(C)CC(=O)C2OC2(C)C1. The van der Waals surface area contributed by atoms with Gasteiger partial charge in [0.2, 0.25) is 0 Å². The largest absolute Gasteiger partial charge is 0.378 e. The van der Waals surface area contributed by atoms with E-state index in [2.05, 4.69) is 13.8 Å². The van der Waals surface area contributed by atoms with E-state index in [1.807, 2.05) is 6.92 Å². The highest BCUT2D eigenvalue weighted by Crippen LogP contribution is 2.52. The van der Waals surface area contributed by atoms with Crippen molar-refractivity contribution in [2.45, 2.75) is 82.9 Å². The van der Waals surface area contributed by atoms with Gasteiger partial charge < -0.3 is 18.9 Å². The van der Waals surface area contributed by atoms with Gasteiger partial charge in [-0.2, -0.15) is 0 Å². The molecule has 6 atom stereocenters. The Bertz CT molecular complexity index is 497. The third kappa shape index (κ3) is 4.01. The molecule has 3 heterocycles. The maximum absolute atomic E-state index is 11.3. The van der Waals surface area contributed by atoms with Crippen LogP contribution >= 0.6 is 0 Å². The number of ketones is 1. The lowest BCUT2D eigenvalue weighted by Crippen LogP contribution is -2.34. The van der Waals surface area contributed by atoms with Gasteiger partial charge >= 0.3 is 0 Å². The number of hydrogen-bond acceptors (Lipinski definition) is 5. The van der Waals surface area contributed by atoms with Crippen molar-refractivity contribution in [2.24, 2.45) is 11.3 Å². The molecule has 2 aliphatic carbocycles. The molecule has 3 saturated heterocycles. The van der Waals surface area contributed by atoms with Gasteiger partial charge in [-0.05, 0) is 43.9 Å². The highest BCUT2D eigenvalue weighted by molar-refractivity contribution is 5.88. The van der Waals surface area contributed by atoms with Crippen molar-refractivity contribution in [3.63, 3.8) is 0 Å². The summed E-state index contributed by atoms with van der Waals surface area (Å²) in [5.41, 5.74) is 0.0532. The zero-order valence-electron chi connectivity index (χ0n) is 15.1. The van der Waals surface area contributed by atoms with Crippen LogP contribution in [0.3, 0.4) is 0 Å². The summed E-state index contributed by atoms with van der Waals surface area (Å²) >= 11 is 0. The number of epoxide rings is 3. The molecule has 6 unspecified atom stereocenters. The van der Waals surface area contributed by atoms with Gasteiger partial charge in [0.05, 0.1) is 25.4 Å². The number of Topliss-reactive ketones (excluding diaryl/α,β-unsaturated/α-hetero) is 1. The minimum atomic E-state index is -0.0984. The van der Waals surface area contributed by atoms with Crippen LogP contribution in [0.1, 0.15) is 52.9 Å². The predicted molar refractivity (Wildman–Crippen MR) is 87.9 cm³/mol. The van der Waals surface area contributed by atoms with Gasteiger partial charge in [0.1, 0.15) is 17.8 Å². The summed E-state index contributed by atoms with van der Waals surface area (Å²) < 4.78 is 21.5. The number of carbonyl (C=O) groups is 1. The van der Waals surface area contributed by atoms with Crippen LogP contribution in [0.25, 0.3) is 0 Å². The van der Waals surface area contributed by atoms with Gasteiger partial charge in [0.25, 0.3) is 0 Å². The highest BCUT2D eigenvalue weighted by Gasteiger charge is 2.62. The second kappa shape index (κ2) is 6.04. The summed E-state index contributed by atoms with van der Waals surface area (Å²) in [5, 5.41) is 0. The smallest absolute Gasteiger partial charge is 0.165 e. The van der Waals surface area contributed by atoms with Gasteiger partial charge in [0, 0.05) is 13.0 Å². The Morgan fingerprint density at radius 1 is 1.17 bits per heavy atom. The summed E-state index contributed by atoms with van der Waals surface area (Å²) in [7, 11) is 0. The van der Waals surface area contributed by atoms with E-state index in [4.69, 9.17) is 18.9 Å². The first-order valence-electron chi connectivity index (χ1n) is 9.40. The molecule has 0 spiro atoms. The molecule has 0 radical (unpaired) electrons. The molecule has 5 heteroatoms. The molecule has 0 aromatic carbocycles. The fraction of sp³-hybridized carbons (Fsp3) is 0.947. The standard InChI is InChI=1S/C10H16O3.C9H14O2/c1-2-9-10(13-9)3-7(1)4-11-5-8-6-12-8;1-8(2)4-6(10)7-9(3,5-8)11-7/h7-10H,1-6H2;7H,4-5H2,1-3H3. The fourth-order valence-electron chi connectivity index (χ4n) is 4.52. The molecule has 0 N–H and O–H groups in total. The van der Waals surface area contributed by atoms with E-state index in [1.165, 1.54) is 19.3 Å². The van der Waals surface area contributed by atoms with Crippen molar-refractivity contribution in [1.29, 1.82) is 0 Å². The Labute approximate surface area is 144 Å². The Morgan fingerprint density at radius 2 is 1.96 bits per heavy atom. The second-order valence-corrected chi connectivity index (χ2v) is 9.18. The van der Waals surface area contributed by atoms with Gasteiger partial charge in [-0.3, -0.25) is 4.79 Å². The number of rotatable bonds is 4. The number of hydrogen-bond donors (Lipinski definition) is 0. The van der Waals surface area contributed by atoms with E-state index in [0.29, 0.717) is 30.5 Å². The van der Waals surface area contributed by atoms with Crippen molar-refractivity contribution >= 4 is 5.78 Å². The summed E-state index contributed by atoms with van der Waals surface area (Å²) in [6.45, 7) is 8.91. The van der Waals surface area contributed by atoms with Crippen LogP contribution < -0.4 is 0 Å². The van der Waals surface area contributed by atoms with Crippen molar-refractivity contribution in [3.8, 4) is 0 Å². The summed E-state index contributed by atoms with van der Waals surface area (Å²) in [4.78, 5) is 11.3. The van der Waals surface area contributed by atoms with Gasteiger partial charge in [-0.25, -0.2) is 0 Å². The Morgan fingerprint density at radius 3 is 2.62 bits per heavy atom. The van der Waals surface area contributed by atoms with Crippen LogP contribution in [0.4, 0.5) is 0 Å². The van der Waals surface area contributed by atoms with Gasteiger partial charge in [-0.1, -0.05) is 13.8 Å². The molecule has 0 amide bonds. The lowest BCUT2D eigenvalue weighted by molar-refractivity contribution is -0.123. The third-order valence-corrected chi connectivity index (χ3v) is 5.83. The maximum atomic E-state index is 11.3. The van der Waals surface area contributed by atoms with E-state index in [1.54, 1.807) is 0 Å². The van der Waals surface area contributed by atoms with E-state index in [0.717, 1.165) is 32.2 Å². The lowest BCUT2D eigenvalue weighted by Gasteiger charge is -2.29. The summed E-state index contributed by atoms with van der Waals surface area (Å²) in [6, 6.07) is 0. The number of carbonyl (C=O) groups excluding carboxylic acids is 1. The first-order valence-corrected chi connectivity index (χ1v) is 9.40. The molecule has 136 valence electrons. The normalized spacial score (nSPS) is 47.0. The lowest BCUT2D eigenvalue weighted by atomic mass is 9.72. The Balaban J connectivity index is 0.000000123. The van der Waals surface area contributed by atoms with Gasteiger partial charge in [0.15, 0.2) is 5.78 Å². The van der Waals surface area contributed by atoms with Crippen molar-refractivity contribution in [3.05, 3.63) is 0 Å². The average Bonchev–Trinajstić information content (AvgIpc) is 3.34. The molecule has 5 fully saturated rings. The first-order chi connectivity index (χ1) is 11.3. The van der Waals surface area contributed by atoms with Crippen molar-refractivity contribution in [1.82, 2.24) is 0 Å². The average molecular weight is 338 g/mol. The molecule has 24 heavy (non-hydrogen) atoms. The minimum Gasteiger partial charge on any atom is -0.378 e. The van der Waals surface area contributed by atoms with Crippen molar-refractivity contribution in [2.75, 3.05) is 19.8 Å². The van der Waals surface area contributed by atoms with Crippen LogP contribution in [0.5, 0.6) is 0 Å². The van der Waals surface area contributed by atoms with E-state index in [-0.39, 0.29) is 17.1 Å². The molecule has 5 nitrogen and oxygen atoms in total. The van der Waals surface area contributed by atoms with Crippen LogP contribution in [0.2, 0.25) is 0 Å². The Hall–Kier alpha value is -0.490. The third-order valence-electron chi connectivity index (χ3n) is 5.83. The zero-order valence-corrected chi connectivity index (χ0v) is 15.1. The van der Waals surface area contributed by atoms with E-state index < -0.39 is 0 Å². The molecular formula is C19H30O5. The molecule has 5 aliphatic rings. The topological polar surface area (TPSA) is 63.9 Å². The molecule has 0 aromatic heterocycles. The highest BCUT2D eigenvalue weighted by atomic mass is 16.6. The van der Waals surface area contributed by atoms with Gasteiger partial charge in [-0.15, -0.1) is 0 Å². The van der Waals surface area contributed by atoms with Crippen LogP contribution in [-0.2, 0) is 23.7 Å². The Kier molecular flexibility index (Phi) is 4.27. The first kappa shape index (κ1) is 17.0. The van der Waals surface area contributed by atoms with Crippen LogP contribution in [0, 0.1) is 11.3 Å². The molecular weight excluding hydrogens is 308 g/mol. The molecule has 0 bridgehead atoms. The van der Waals surface area contributed by atoms with E-state index >= 15 is 0 Å². The molecule has 5 rings (SSSR count). The van der Waals surface area contributed by atoms with Crippen LogP contribution in [0.15, 0.2) is 0 Å². The fourth-order valence-corrected chi connectivity index (χ4v) is 4.52. The minimum absolute atomic E-state index is 0.0597. The quantitative estimate of drug-likeness (QED) is 0.737. The summed E-state index contributed by atoms with van der Waals surface area (Å²) in [5.74, 6) is 1.03. The maximum Gasteiger partial charge on any atom is 0.165 e. The van der Waals surface area contributed by atoms with Crippen LogP contribution in [-0.4, -0.2) is 55.6 Å². The van der Waals surface area contributed by atoms with Crippen molar-refractivity contribution < 1.29 is 23.7 Å². The molecule has 3 aliphatic heterocycles. The number of fused-ring (bicyclic) bond motifs is 2. The zero-order chi connectivity index (χ0) is 16.9. The number of ether oxygens (including phenoxy) is 4. The van der Waals surface area contributed by atoms with E-state index in [9.17, 15) is 4.79 Å². The second-order valence-electron chi connectivity index (χ2n) is 9.18. The molecule has 2 saturated carbocycles. The monoisotopic (exact) mass is 338 g/mol. The summed E-state index contributed by atoms with van der Waals surface area (Å²) in [6.07, 6.45) is 7.01. The predicted octanol–water partition coefficient (Wildman–Crippen LogP) is 2.50.